The van der Waals surface area contributed by atoms with E-state index < -0.39 is 0 Å². The van der Waals surface area contributed by atoms with Crippen LogP contribution >= 0.6 is 0 Å². The molecule has 18 heavy (non-hydrogen) atoms. The zero-order chi connectivity index (χ0) is 14.0. The summed E-state index contributed by atoms with van der Waals surface area (Å²) in [4.78, 5) is 11.7. The first kappa shape index (κ1) is 16.5. The molecule has 0 aromatic heterocycles. The van der Waals surface area contributed by atoms with Crippen molar-refractivity contribution >= 4 is 5.91 Å². The van der Waals surface area contributed by atoms with E-state index in [0.717, 1.165) is 6.42 Å². The van der Waals surface area contributed by atoms with Gasteiger partial charge in [-0.25, -0.2) is 0 Å². The first-order valence-corrected chi connectivity index (χ1v) is 6.14. The molecule has 0 aliphatic carbocycles. The molecule has 0 aromatic carbocycles. The van der Waals surface area contributed by atoms with Crippen LogP contribution < -0.4 is 10.6 Å². The first-order valence-electron chi connectivity index (χ1n) is 6.14. The Bertz CT molecular complexity index is 324. The van der Waals surface area contributed by atoms with Gasteiger partial charge in [0.25, 0.3) is 5.91 Å². The predicted molar refractivity (Wildman–Crippen MR) is 70.7 cm³/mol. The minimum absolute atomic E-state index is 0.0846. The molecule has 0 unspecified atom stereocenters. The lowest BCUT2D eigenvalue weighted by Gasteiger charge is -2.20. The highest BCUT2D eigenvalue weighted by Gasteiger charge is 2.16. The van der Waals surface area contributed by atoms with Crippen LogP contribution in [0.3, 0.4) is 0 Å². The number of amides is 1. The summed E-state index contributed by atoms with van der Waals surface area (Å²) in [6, 6.07) is 1.88. The third-order valence-electron chi connectivity index (χ3n) is 1.91. The molecule has 5 nitrogen and oxygen atoms in total. The van der Waals surface area contributed by atoms with Gasteiger partial charge in [-0.2, -0.15) is 5.26 Å². The van der Waals surface area contributed by atoms with Gasteiger partial charge in [0.15, 0.2) is 0 Å². The van der Waals surface area contributed by atoms with Crippen LogP contribution in [0, 0.1) is 11.3 Å². The van der Waals surface area contributed by atoms with Crippen molar-refractivity contribution in [3.63, 3.8) is 0 Å². The summed E-state index contributed by atoms with van der Waals surface area (Å²) in [6.45, 7) is 9.60. The van der Waals surface area contributed by atoms with Crippen molar-refractivity contribution in [2.24, 2.45) is 0 Å². The molecule has 0 bridgehead atoms. The van der Waals surface area contributed by atoms with Crippen molar-refractivity contribution in [3.05, 3.63) is 11.8 Å². The van der Waals surface area contributed by atoms with Crippen LogP contribution in [-0.2, 0) is 9.53 Å². The molecular weight excluding hydrogens is 230 g/mol. The summed E-state index contributed by atoms with van der Waals surface area (Å²) in [5.74, 6) is -0.359. The number of nitrogens with zero attached hydrogens (tertiary/aromatic N) is 1. The molecule has 5 heteroatoms. The van der Waals surface area contributed by atoms with Gasteiger partial charge in [0, 0.05) is 31.5 Å². The van der Waals surface area contributed by atoms with Crippen molar-refractivity contribution in [1.29, 1.82) is 5.26 Å². The van der Waals surface area contributed by atoms with Gasteiger partial charge in [0.2, 0.25) is 0 Å². The maximum absolute atomic E-state index is 11.7. The van der Waals surface area contributed by atoms with Crippen molar-refractivity contribution in [3.8, 4) is 6.07 Å². The minimum Gasteiger partial charge on any atom is -0.390 e. The van der Waals surface area contributed by atoms with Crippen molar-refractivity contribution in [1.82, 2.24) is 10.6 Å². The SMILES string of the molecule is CCOCCCN/C=C(/C#N)C(=O)NC(C)(C)C. The molecule has 0 rings (SSSR count). The fourth-order valence-corrected chi connectivity index (χ4v) is 1.15. The Balaban J connectivity index is 4.09. The largest absolute Gasteiger partial charge is 0.390 e. The van der Waals surface area contributed by atoms with E-state index in [9.17, 15) is 4.79 Å². The van der Waals surface area contributed by atoms with Gasteiger partial charge in [-0.1, -0.05) is 0 Å². The van der Waals surface area contributed by atoms with E-state index >= 15 is 0 Å². The van der Waals surface area contributed by atoms with Crippen LogP contribution in [0.4, 0.5) is 0 Å². The first-order chi connectivity index (χ1) is 8.40. The highest BCUT2D eigenvalue weighted by atomic mass is 16.5. The topological polar surface area (TPSA) is 74.1 Å². The second-order valence-corrected chi connectivity index (χ2v) is 4.88. The maximum atomic E-state index is 11.7. The monoisotopic (exact) mass is 253 g/mol. The lowest BCUT2D eigenvalue weighted by molar-refractivity contribution is -0.118. The summed E-state index contributed by atoms with van der Waals surface area (Å²) in [5, 5.41) is 14.6. The molecule has 0 aliphatic heterocycles. The summed E-state index contributed by atoms with van der Waals surface area (Å²) in [5.41, 5.74) is -0.261. The molecular formula is C13H23N3O2. The van der Waals surface area contributed by atoms with E-state index in [2.05, 4.69) is 10.6 Å². The van der Waals surface area contributed by atoms with Crippen LogP contribution in [0.15, 0.2) is 11.8 Å². The second-order valence-electron chi connectivity index (χ2n) is 4.88. The molecule has 0 aromatic rings. The number of rotatable bonds is 7. The smallest absolute Gasteiger partial charge is 0.263 e. The van der Waals surface area contributed by atoms with Crippen LogP contribution in [0.5, 0.6) is 0 Å². The Morgan fingerprint density at radius 1 is 1.44 bits per heavy atom. The van der Waals surface area contributed by atoms with E-state index in [-0.39, 0.29) is 17.0 Å². The minimum atomic E-state index is -0.359. The normalized spacial score (nSPS) is 11.8. The third kappa shape index (κ3) is 8.59. The van der Waals surface area contributed by atoms with Crippen LogP contribution in [0.2, 0.25) is 0 Å². The molecule has 0 radical (unpaired) electrons. The van der Waals surface area contributed by atoms with E-state index in [0.29, 0.717) is 19.8 Å². The maximum Gasteiger partial charge on any atom is 0.263 e. The zero-order valence-electron chi connectivity index (χ0n) is 11.7. The van der Waals surface area contributed by atoms with Gasteiger partial charge in [-0.3, -0.25) is 4.79 Å². The Morgan fingerprint density at radius 3 is 2.61 bits per heavy atom. The number of hydrogen-bond donors (Lipinski definition) is 2. The lowest BCUT2D eigenvalue weighted by atomic mass is 10.1. The van der Waals surface area contributed by atoms with Crippen molar-refractivity contribution < 1.29 is 9.53 Å². The summed E-state index contributed by atoms with van der Waals surface area (Å²) in [7, 11) is 0. The number of hydrogen-bond acceptors (Lipinski definition) is 4. The van der Waals surface area contributed by atoms with E-state index in [1.165, 1.54) is 6.20 Å². The second kappa shape index (κ2) is 8.54. The summed E-state index contributed by atoms with van der Waals surface area (Å²) < 4.78 is 5.18. The van der Waals surface area contributed by atoms with E-state index in [1.807, 2.05) is 33.8 Å². The van der Waals surface area contributed by atoms with Gasteiger partial charge in [0.1, 0.15) is 11.6 Å². The molecule has 102 valence electrons. The van der Waals surface area contributed by atoms with Gasteiger partial charge >= 0.3 is 0 Å². The third-order valence-corrected chi connectivity index (χ3v) is 1.91. The van der Waals surface area contributed by atoms with Gasteiger partial charge < -0.3 is 15.4 Å². The fourth-order valence-electron chi connectivity index (χ4n) is 1.15. The number of carbonyl (C=O) groups is 1. The lowest BCUT2D eigenvalue weighted by Crippen LogP contribution is -2.41. The van der Waals surface area contributed by atoms with Gasteiger partial charge in [0.05, 0.1) is 0 Å². The predicted octanol–water partition coefficient (Wildman–Crippen LogP) is 1.32. The summed E-state index contributed by atoms with van der Waals surface area (Å²) >= 11 is 0. The fraction of sp³-hybridized carbons (Fsp3) is 0.692. The zero-order valence-corrected chi connectivity index (χ0v) is 11.7. The van der Waals surface area contributed by atoms with E-state index in [4.69, 9.17) is 10.00 Å². The molecule has 0 fully saturated rings. The van der Waals surface area contributed by atoms with E-state index in [1.54, 1.807) is 0 Å². The standard InChI is InChI=1S/C13H23N3O2/c1-5-18-8-6-7-15-10-11(9-14)12(17)16-13(2,3)4/h10,15H,5-8H2,1-4H3,(H,16,17)/b11-10-. The molecule has 0 heterocycles. The molecule has 0 atom stereocenters. The molecule has 1 amide bonds. The van der Waals surface area contributed by atoms with Crippen molar-refractivity contribution in [2.75, 3.05) is 19.8 Å². The number of nitrogens with one attached hydrogen (secondary N) is 2. The molecule has 0 saturated carbocycles. The molecule has 2 N–H and O–H groups in total. The molecule has 0 aliphatic rings. The Labute approximate surface area is 109 Å². The highest BCUT2D eigenvalue weighted by Crippen LogP contribution is 2.01. The number of nitriles is 1. The Morgan fingerprint density at radius 2 is 2.11 bits per heavy atom. The molecule has 0 saturated heterocycles. The van der Waals surface area contributed by atoms with Crippen LogP contribution in [0.25, 0.3) is 0 Å². The summed E-state index contributed by atoms with van der Waals surface area (Å²) in [6.07, 6.45) is 2.29. The Kier molecular flexibility index (Phi) is 7.81. The van der Waals surface area contributed by atoms with Crippen LogP contribution in [-0.4, -0.2) is 31.2 Å². The average Bonchev–Trinajstić information content (AvgIpc) is 2.25. The molecule has 0 spiro atoms. The number of ether oxygens (including phenoxy) is 1. The quantitative estimate of drug-likeness (QED) is 0.408. The van der Waals surface area contributed by atoms with Gasteiger partial charge in [-0.15, -0.1) is 0 Å². The van der Waals surface area contributed by atoms with Gasteiger partial charge in [-0.05, 0) is 34.1 Å². The highest BCUT2D eigenvalue weighted by molar-refractivity contribution is 5.97. The van der Waals surface area contributed by atoms with Crippen LogP contribution in [0.1, 0.15) is 34.1 Å². The van der Waals surface area contributed by atoms with Crippen molar-refractivity contribution in [2.45, 2.75) is 39.7 Å². The number of carbonyl (C=O) groups excluding carboxylic acids is 1. The average molecular weight is 253 g/mol. The Hall–Kier alpha value is -1.54.